The zero-order valence-corrected chi connectivity index (χ0v) is 16.3. The Kier molecular flexibility index (Phi) is 5.77. The fourth-order valence-corrected chi connectivity index (χ4v) is 3.70. The molecule has 0 bridgehead atoms. The molecule has 0 N–H and O–H groups in total. The van der Waals surface area contributed by atoms with Crippen LogP contribution in [0, 0.1) is 6.92 Å². The summed E-state index contributed by atoms with van der Waals surface area (Å²) in [6.45, 7) is 2.76. The smallest absolute Gasteiger partial charge is 0.226 e. The van der Waals surface area contributed by atoms with E-state index >= 15 is 0 Å². The van der Waals surface area contributed by atoms with Crippen molar-refractivity contribution in [1.29, 1.82) is 0 Å². The molecule has 0 saturated heterocycles. The van der Waals surface area contributed by atoms with E-state index in [0.717, 1.165) is 41.7 Å². The van der Waals surface area contributed by atoms with Crippen LogP contribution >= 0.6 is 11.8 Å². The molecule has 0 spiro atoms. The number of nitrogens with zero attached hydrogens (tertiary/aromatic N) is 6. The van der Waals surface area contributed by atoms with Gasteiger partial charge in [0.2, 0.25) is 11.7 Å². The summed E-state index contributed by atoms with van der Waals surface area (Å²) in [5, 5.41) is 13.5. The van der Waals surface area contributed by atoms with Crippen molar-refractivity contribution in [2.45, 2.75) is 31.5 Å². The van der Waals surface area contributed by atoms with Gasteiger partial charge >= 0.3 is 0 Å². The van der Waals surface area contributed by atoms with Gasteiger partial charge in [-0.2, -0.15) is 4.98 Å². The third-order valence-corrected chi connectivity index (χ3v) is 5.31. The molecule has 0 saturated carbocycles. The lowest BCUT2D eigenvalue weighted by atomic mass is 10.2. The number of rotatable bonds is 8. The zero-order chi connectivity index (χ0) is 19.2. The van der Waals surface area contributed by atoms with E-state index in [1.807, 2.05) is 37.3 Å². The van der Waals surface area contributed by atoms with Crippen LogP contribution in [0.25, 0.3) is 11.4 Å². The number of hydrogen-bond donors (Lipinski definition) is 0. The number of benzene rings is 1. The molecule has 4 rings (SSSR count). The second kappa shape index (κ2) is 8.79. The van der Waals surface area contributed by atoms with Gasteiger partial charge in [-0.1, -0.05) is 47.3 Å². The lowest BCUT2D eigenvalue weighted by Gasteiger charge is -2.08. The number of pyridine rings is 1. The van der Waals surface area contributed by atoms with Crippen molar-refractivity contribution in [3.8, 4) is 11.4 Å². The van der Waals surface area contributed by atoms with Crippen molar-refractivity contribution in [3.05, 3.63) is 72.1 Å². The Morgan fingerprint density at radius 2 is 1.86 bits per heavy atom. The summed E-state index contributed by atoms with van der Waals surface area (Å²) >= 11 is 1.70. The van der Waals surface area contributed by atoms with Crippen molar-refractivity contribution in [1.82, 2.24) is 29.9 Å². The van der Waals surface area contributed by atoms with E-state index in [0.29, 0.717) is 11.7 Å². The van der Waals surface area contributed by atoms with Gasteiger partial charge in [0.15, 0.2) is 5.16 Å². The van der Waals surface area contributed by atoms with Crippen molar-refractivity contribution < 1.29 is 4.52 Å². The lowest BCUT2D eigenvalue weighted by molar-refractivity contribution is 0.378. The van der Waals surface area contributed by atoms with Gasteiger partial charge in [-0.05, 0) is 31.0 Å². The maximum atomic E-state index is 5.35. The topological polar surface area (TPSA) is 82.5 Å². The van der Waals surface area contributed by atoms with Crippen LogP contribution in [0.3, 0.4) is 0 Å². The Labute approximate surface area is 167 Å². The van der Waals surface area contributed by atoms with E-state index in [9.17, 15) is 0 Å². The van der Waals surface area contributed by atoms with Gasteiger partial charge in [0.25, 0.3) is 0 Å². The molecular weight excluding hydrogens is 372 g/mol. The first kappa shape index (κ1) is 18.4. The monoisotopic (exact) mass is 392 g/mol. The predicted molar refractivity (Wildman–Crippen MR) is 107 cm³/mol. The summed E-state index contributed by atoms with van der Waals surface area (Å²) in [6, 6.07) is 14.1. The van der Waals surface area contributed by atoms with E-state index in [2.05, 4.69) is 42.0 Å². The molecule has 3 aromatic heterocycles. The number of thioether (sulfide) groups is 1. The molecule has 3 heterocycles. The van der Waals surface area contributed by atoms with Crippen LogP contribution in [0.2, 0.25) is 0 Å². The summed E-state index contributed by atoms with van der Waals surface area (Å²) in [5.41, 5.74) is 2.14. The number of aryl methyl sites for hydroxylation is 2. The van der Waals surface area contributed by atoms with E-state index < -0.39 is 0 Å². The minimum absolute atomic E-state index is 0.600. The van der Waals surface area contributed by atoms with E-state index in [1.165, 1.54) is 5.56 Å². The minimum atomic E-state index is 0.600. The first-order valence-corrected chi connectivity index (χ1v) is 10.1. The highest BCUT2D eigenvalue weighted by Gasteiger charge is 2.11. The van der Waals surface area contributed by atoms with Gasteiger partial charge < -0.3 is 9.09 Å². The van der Waals surface area contributed by atoms with Crippen LogP contribution in [-0.2, 0) is 13.0 Å². The fraction of sp³-hybridized carbons (Fsp3) is 0.250. The first-order valence-electron chi connectivity index (χ1n) is 9.09. The molecule has 7 nitrogen and oxygen atoms in total. The largest absolute Gasteiger partial charge is 0.339 e. The van der Waals surface area contributed by atoms with Gasteiger partial charge in [-0.15, -0.1) is 10.2 Å². The highest BCUT2D eigenvalue weighted by atomic mass is 32.2. The van der Waals surface area contributed by atoms with Gasteiger partial charge in [0, 0.05) is 30.1 Å². The highest BCUT2D eigenvalue weighted by Crippen LogP contribution is 2.20. The van der Waals surface area contributed by atoms with Crippen LogP contribution in [0.15, 0.2) is 64.5 Å². The lowest BCUT2D eigenvalue weighted by Crippen LogP contribution is -2.04. The average Bonchev–Trinajstić information content (AvgIpc) is 3.35. The normalized spacial score (nSPS) is 11.0. The van der Waals surface area contributed by atoms with Crippen LogP contribution in [0.1, 0.15) is 23.7 Å². The summed E-state index contributed by atoms with van der Waals surface area (Å²) in [7, 11) is 0. The van der Waals surface area contributed by atoms with E-state index in [1.54, 1.807) is 24.2 Å². The quantitative estimate of drug-likeness (QED) is 0.333. The van der Waals surface area contributed by atoms with E-state index in [4.69, 9.17) is 4.52 Å². The Bertz CT molecular complexity index is 1020. The maximum absolute atomic E-state index is 5.35. The molecule has 8 heteroatoms. The van der Waals surface area contributed by atoms with Gasteiger partial charge in [-0.3, -0.25) is 4.98 Å². The zero-order valence-electron chi connectivity index (χ0n) is 15.5. The summed E-state index contributed by atoms with van der Waals surface area (Å²) in [5.74, 6) is 3.07. The van der Waals surface area contributed by atoms with Crippen molar-refractivity contribution in [2.75, 3.05) is 5.75 Å². The highest BCUT2D eigenvalue weighted by molar-refractivity contribution is 7.99. The van der Waals surface area contributed by atoms with Crippen molar-refractivity contribution in [3.63, 3.8) is 0 Å². The van der Waals surface area contributed by atoms with Crippen LogP contribution in [0.4, 0.5) is 0 Å². The van der Waals surface area contributed by atoms with E-state index in [-0.39, 0.29) is 0 Å². The number of hydrogen-bond acceptors (Lipinski definition) is 7. The molecule has 0 aliphatic heterocycles. The summed E-state index contributed by atoms with van der Waals surface area (Å²) in [6.07, 6.45) is 5.09. The Morgan fingerprint density at radius 1 is 1.04 bits per heavy atom. The first-order chi connectivity index (χ1) is 13.8. The second-order valence-electron chi connectivity index (χ2n) is 6.30. The van der Waals surface area contributed by atoms with Crippen molar-refractivity contribution in [2.24, 2.45) is 0 Å². The minimum Gasteiger partial charge on any atom is -0.339 e. The standard InChI is InChI=1S/C20H20N6OS/c1-15-23-24-20(26(15)14-16-6-3-2-4-7-16)28-13-5-8-18-22-19(25-27-18)17-9-11-21-12-10-17/h2-4,6-7,9-12H,5,8,13-14H2,1H3. The molecular formula is C20H20N6OS. The van der Waals surface area contributed by atoms with Crippen molar-refractivity contribution >= 4 is 11.8 Å². The van der Waals surface area contributed by atoms with Gasteiger partial charge in [0.1, 0.15) is 5.82 Å². The molecule has 28 heavy (non-hydrogen) atoms. The molecule has 1 aromatic carbocycles. The molecule has 0 aliphatic carbocycles. The average molecular weight is 392 g/mol. The Balaban J connectivity index is 1.31. The Hall–Kier alpha value is -3.00. The van der Waals surface area contributed by atoms with Crippen LogP contribution in [-0.4, -0.2) is 35.6 Å². The molecule has 0 radical (unpaired) electrons. The number of aromatic nitrogens is 6. The molecule has 0 unspecified atom stereocenters. The summed E-state index contributed by atoms with van der Waals surface area (Å²) in [4.78, 5) is 8.45. The molecule has 142 valence electrons. The molecule has 0 amide bonds. The van der Waals surface area contributed by atoms with Gasteiger partial charge in [-0.25, -0.2) is 0 Å². The fourth-order valence-electron chi connectivity index (χ4n) is 2.78. The SMILES string of the molecule is Cc1nnc(SCCCc2nc(-c3ccncc3)no2)n1Cc1ccccc1. The summed E-state index contributed by atoms with van der Waals surface area (Å²) < 4.78 is 7.50. The van der Waals surface area contributed by atoms with Crippen LogP contribution < -0.4 is 0 Å². The van der Waals surface area contributed by atoms with Gasteiger partial charge in [0.05, 0.1) is 6.54 Å². The molecule has 0 fully saturated rings. The van der Waals surface area contributed by atoms with Crippen LogP contribution in [0.5, 0.6) is 0 Å². The Morgan fingerprint density at radius 3 is 2.68 bits per heavy atom. The third kappa shape index (κ3) is 4.45. The predicted octanol–water partition coefficient (Wildman–Crippen LogP) is 3.80. The molecule has 0 atom stereocenters. The molecule has 4 aromatic rings. The third-order valence-electron chi connectivity index (χ3n) is 4.26. The molecule has 0 aliphatic rings. The second-order valence-corrected chi connectivity index (χ2v) is 7.36. The maximum Gasteiger partial charge on any atom is 0.226 e.